The second-order valence-corrected chi connectivity index (χ2v) is 9.22. The summed E-state index contributed by atoms with van der Waals surface area (Å²) in [6.45, 7) is 4.09. The molecule has 5 rings (SSSR count). The third-order valence-electron chi connectivity index (χ3n) is 6.55. The van der Waals surface area contributed by atoms with E-state index in [2.05, 4.69) is 9.97 Å². The van der Waals surface area contributed by atoms with Gasteiger partial charge < -0.3 is 9.88 Å². The average molecular weight is 483 g/mol. The van der Waals surface area contributed by atoms with E-state index in [1.165, 1.54) is 4.90 Å². The molecule has 0 bridgehead atoms. The molecule has 4 aromatic rings. The molecule has 0 aliphatic carbocycles. The van der Waals surface area contributed by atoms with Gasteiger partial charge >= 0.3 is 0 Å². The number of imide groups is 1. The quantitative estimate of drug-likeness (QED) is 0.403. The summed E-state index contributed by atoms with van der Waals surface area (Å²) >= 11 is 0. The van der Waals surface area contributed by atoms with Crippen LogP contribution < -0.4 is 5.56 Å². The smallest absolute Gasteiger partial charge is 0.261 e. The van der Waals surface area contributed by atoms with E-state index in [0.717, 1.165) is 5.39 Å². The monoisotopic (exact) mass is 482 g/mol. The summed E-state index contributed by atoms with van der Waals surface area (Å²) in [5, 5.41) is 2.04. The number of nitrogens with zero attached hydrogens (tertiary/aromatic N) is 3. The number of amides is 3. The molecular formula is C28H26N4O4. The molecule has 8 nitrogen and oxygen atoms in total. The molecule has 2 heterocycles. The van der Waals surface area contributed by atoms with Crippen LogP contribution in [0, 0.1) is 0 Å². The van der Waals surface area contributed by atoms with Crippen molar-refractivity contribution in [1.29, 1.82) is 0 Å². The van der Waals surface area contributed by atoms with Crippen LogP contribution in [0.2, 0.25) is 0 Å². The van der Waals surface area contributed by atoms with Crippen LogP contribution in [-0.4, -0.2) is 50.1 Å². The zero-order valence-corrected chi connectivity index (χ0v) is 20.2. The fraction of sp³-hybridized carbons (Fsp3) is 0.250. The number of aromatic nitrogens is 2. The Kier molecular flexibility index (Phi) is 6.10. The predicted molar refractivity (Wildman–Crippen MR) is 137 cm³/mol. The molecule has 8 heteroatoms. The minimum Gasteiger partial charge on any atom is -0.333 e. The molecule has 0 saturated heterocycles. The summed E-state index contributed by atoms with van der Waals surface area (Å²) in [6, 6.07) is 17.8. The topological polar surface area (TPSA) is 103 Å². The third kappa shape index (κ3) is 4.15. The van der Waals surface area contributed by atoms with Gasteiger partial charge in [0.05, 0.1) is 17.4 Å². The molecule has 1 aliphatic heterocycles. The minimum absolute atomic E-state index is 0.128. The van der Waals surface area contributed by atoms with Gasteiger partial charge in [0.15, 0.2) is 0 Å². The van der Waals surface area contributed by atoms with Crippen LogP contribution >= 0.6 is 0 Å². The first kappa shape index (κ1) is 23.4. The standard InChI is InChI=1S/C28H26N4O4/c1-17(2)32(16-23-29-22-13-4-3-10-19(22)26(34)30-23)24(33)14-7-15-31-27(35)20-11-5-8-18-9-6-12-21(25(18)20)28(31)36/h3-6,8-13,17H,7,14-16H2,1-2H3,(H,29,30,34). The normalized spacial score (nSPS) is 13.1. The Morgan fingerprint density at radius 2 is 1.61 bits per heavy atom. The first-order chi connectivity index (χ1) is 17.3. The summed E-state index contributed by atoms with van der Waals surface area (Å²) in [7, 11) is 0. The fourth-order valence-electron chi connectivity index (χ4n) is 4.75. The number of nitrogens with one attached hydrogen (secondary N) is 1. The largest absolute Gasteiger partial charge is 0.333 e. The van der Waals surface area contributed by atoms with Gasteiger partial charge in [-0.05, 0) is 49.9 Å². The molecule has 1 aromatic heterocycles. The van der Waals surface area contributed by atoms with E-state index in [1.54, 1.807) is 35.2 Å². The van der Waals surface area contributed by atoms with E-state index in [0.29, 0.717) is 39.7 Å². The molecule has 0 unspecified atom stereocenters. The molecule has 0 spiro atoms. The number of hydrogen-bond acceptors (Lipinski definition) is 5. The second kappa shape index (κ2) is 9.37. The Hall–Kier alpha value is -4.33. The number of carbonyl (C=O) groups excluding carboxylic acids is 3. The maximum absolute atomic E-state index is 13.1. The molecule has 0 atom stereocenters. The van der Waals surface area contributed by atoms with E-state index in [4.69, 9.17) is 0 Å². The van der Waals surface area contributed by atoms with Crippen molar-refractivity contribution in [2.45, 2.75) is 39.3 Å². The van der Waals surface area contributed by atoms with Crippen LogP contribution in [0.15, 0.2) is 65.5 Å². The summed E-state index contributed by atoms with van der Waals surface area (Å²) in [4.78, 5) is 61.8. The summed E-state index contributed by atoms with van der Waals surface area (Å²) in [5.41, 5.74) is 1.34. The molecule has 36 heavy (non-hydrogen) atoms. The molecule has 3 aromatic carbocycles. The summed E-state index contributed by atoms with van der Waals surface area (Å²) in [6.07, 6.45) is 0.484. The zero-order chi connectivity index (χ0) is 25.4. The van der Waals surface area contributed by atoms with Gasteiger partial charge in [-0.1, -0.05) is 36.4 Å². The molecule has 0 fully saturated rings. The van der Waals surface area contributed by atoms with Gasteiger partial charge in [-0.15, -0.1) is 0 Å². The number of hydrogen-bond donors (Lipinski definition) is 1. The van der Waals surface area contributed by atoms with Gasteiger partial charge in [-0.3, -0.25) is 24.1 Å². The Balaban J connectivity index is 1.28. The van der Waals surface area contributed by atoms with E-state index in [-0.39, 0.29) is 48.8 Å². The van der Waals surface area contributed by atoms with Gasteiger partial charge in [-0.2, -0.15) is 0 Å². The van der Waals surface area contributed by atoms with Crippen LogP contribution in [-0.2, 0) is 11.3 Å². The molecule has 182 valence electrons. The Bertz CT molecular complexity index is 1520. The molecule has 3 amide bonds. The van der Waals surface area contributed by atoms with Gasteiger partial charge in [0, 0.05) is 35.5 Å². The molecule has 0 saturated carbocycles. The van der Waals surface area contributed by atoms with Crippen LogP contribution in [0.25, 0.3) is 21.7 Å². The van der Waals surface area contributed by atoms with E-state index < -0.39 is 0 Å². The number of carbonyl (C=O) groups is 3. The van der Waals surface area contributed by atoms with Crippen LogP contribution in [0.5, 0.6) is 0 Å². The Morgan fingerprint density at radius 1 is 0.944 bits per heavy atom. The number of H-pyrrole nitrogens is 1. The average Bonchev–Trinajstić information content (AvgIpc) is 2.87. The SMILES string of the molecule is CC(C)N(Cc1nc2ccccc2c(=O)[nH]1)C(=O)CCCN1C(=O)c2cccc3cccc(c23)C1=O. The lowest BCUT2D eigenvalue weighted by Crippen LogP contribution is -2.42. The number of benzene rings is 3. The highest BCUT2D eigenvalue weighted by molar-refractivity contribution is 6.25. The third-order valence-corrected chi connectivity index (χ3v) is 6.55. The highest BCUT2D eigenvalue weighted by atomic mass is 16.2. The lowest BCUT2D eigenvalue weighted by molar-refractivity contribution is -0.133. The highest BCUT2D eigenvalue weighted by Crippen LogP contribution is 2.30. The van der Waals surface area contributed by atoms with Crippen molar-refractivity contribution in [3.63, 3.8) is 0 Å². The minimum atomic E-state index is -0.338. The van der Waals surface area contributed by atoms with Gasteiger partial charge in [-0.25, -0.2) is 4.98 Å². The molecule has 1 aliphatic rings. The van der Waals surface area contributed by atoms with Crippen molar-refractivity contribution in [3.8, 4) is 0 Å². The predicted octanol–water partition coefficient (Wildman–Crippen LogP) is 3.89. The maximum Gasteiger partial charge on any atom is 0.261 e. The number of aromatic amines is 1. The first-order valence-electron chi connectivity index (χ1n) is 12.0. The number of para-hydroxylation sites is 1. The molecular weight excluding hydrogens is 456 g/mol. The van der Waals surface area contributed by atoms with Crippen molar-refractivity contribution < 1.29 is 14.4 Å². The van der Waals surface area contributed by atoms with Crippen molar-refractivity contribution in [1.82, 2.24) is 19.8 Å². The lowest BCUT2D eigenvalue weighted by atomic mass is 9.94. The van der Waals surface area contributed by atoms with Crippen LogP contribution in [0.3, 0.4) is 0 Å². The first-order valence-corrected chi connectivity index (χ1v) is 12.0. The van der Waals surface area contributed by atoms with Crippen LogP contribution in [0.1, 0.15) is 53.2 Å². The summed E-state index contributed by atoms with van der Waals surface area (Å²) in [5.74, 6) is -0.405. The second-order valence-electron chi connectivity index (χ2n) is 9.22. The van der Waals surface area contributed by atoms with Crippen molar-refractivity contribution in [2.24, 2.45) is 0 Å². The Labute approximate surface area is 207 Å². The highest BCUT2D eigenvalue weighted by Gasteiger charge is 2.32. The number of fused-ring (bicyclic) bond motifs is 1. The zero-order valence-electron chi connectivity index (χ0n) is 20.2. The number of rotatable bonds is 7. The molecule has 1 N–H and O–H groups in total. The molecule has 0 radical (unpaired) electrons. The van der Waals surface area contributed by atoms with Crippen molar-refractivity contribution >= 4 is 39.4 Å². The van der Waals surface area contributed by atoms with E-state index in [9.17, 15) is 19.2 Å². The lowest BCUT2D eigenvalue weighted by Gasteiger charge is -2.28. The van der Waals surface area contributed by atoms with E-state index in [1.807, 2.05) is 44.2 Å². The van der Waals surface area contributed by atoms with Gasteiger partial charge in [0.25, 0.3) is 17.4 Å². The van der Waals surface area contributed by atoms with E-state index >= 15 is 0 Å². The summed E-state index contributed by atoms with van der Waals surface area (Å²) < 4.78 is 0. The fourth-order valence-corrected chi connectivity index (χ4v) is 4.75. The van der Waals surface area contributed by atoms with Gasteiger partial charge in [0.2, 0.25) is 5.91 Å². The van der Waals surface area contributed by atoms with Crippen molar-refractivity contribution in [3.05, 3.63) is 88.0 Å². The maximum atomic E-state index is 13.1. The Morgan fingerprint density at radius 3 is 2.28 bits per heavy atom. The van der Waals surface area contributed by atoms with Gasteiger partial charge in [0.1, 0.15) is 5.82 Å². The van der Waals surface area contributed by atoms with Crippen molar-refractivity contribution in [2.75, 3.05) is 6.54 Å². The van der Waals surface area contributed by atoms with Crippen LogP contribution in [0.4, 0.5) is 0 Å².